The number of anilines is 1. The summed E-state index contributed by atoms with van der Waals surface area (Å²) >= 11 is 0. The molecule has 35 heavy (non-hydrogen) atoms. The van der Waals surface area contributed by atoms with E-state index in [4.69, 9.17) is 5.26 Å². The molecular weight excluding hydrogens is 432 g/mol. The van der Waals surface area contributed by atoms with E-state index in [-0.39, 0.29) is 5.56 Å². The van der Waals surface area contributed by atoms with Crippen LogP contribution in [0.15, 0.2) is 77.7 Å². The van der Waals surface area contributed by atoms with Crippen LogP contribution in [0.4, 0.5) is 5.69 Å². The van der Waals surface area contributed by atoms with Gasteiger partial charge in [-0.1, -0.05) is 24.3 Å². The number of likely N-dealkylation sites (N-methyl/N-ethyl adjacent to an activating group) is 1. The Kier molecular flexibility index (Phi) is 5.92. The van der Waals surface area contributed by atoms with Crippen LogP contribution in [0, 0.1) is 18.3 Å². The maximum absolute atomic E-state index is 13.6. The smallest absolute Gasteiger partial charge is 0.262 e. The summed E-state index contributed by atoms with van der Waals surface area (Å²) < 4.78 is 1.75. The average Bonchev–Trinajstić information content (AvgIpc) is 2.89. The van der Waals surface area contributed by atoms with Crippen LogP contribution in [0.1, 0.15) is 25.0 Å². The molecule has 1 aliphatic heterocycles. The Bertz CT molecular complexity index is 1470. The first-order chi connectivity index (χ1) is 16.9. The third kappa shape index (κ3) is 4.11. The Hall–Kier alpha value is -3.88. The lowest BCUT2D eigenvalue weighted by Gasteiger charge is -2.43. The summed E-state index contributed by atoms with van der Waals surface area (Å²) in [5.74, 6) is 0. The Balaban J connectivity index is 1.53. The number of nitriles is 1. The van der Waals surface area contributed by atoms with Gasteiger partial charge < -0.3 is 4.90 Å². The van der Waals surface area contributed by atoms with Crippen LogP contribution in [0.3, 0.4) is 0 Å². The molecule has 5 heteroatoms. The van der Waals surface area contributed by atoms with Crippen molar-refractivity contribution in [3.8, 4) is 22.9 Å². The second-order valence-corrected chi connectivity index (χ2v) is 9.69. The van der Waals surface area contributed by atoms with E-state index in [0.717, 1.165) is 40.9 Å². The normalized spacial score (nSPS) is 18.5. The molecule has 0 N–H and O–H groups in total. The Morgan fingerprint density at radius 2 is 1.51 bits per heavy atom. The highest BCUT2D eigenvalue weighted by atomic mass is 16.1. The summed E-state index contributed by atoms with van der Waals surface area (Å²) in [4.78, 5) is 18.4. The number of hydrogen-bond donors (Lipinski definition) is 0. The molecule has 1 saturated heterocycles. The van der Waals surface area contributed by atoms with Crippen LogP contribution >= 0.6 is 0 Å². The van der Waals surface area contributed by atoms with Crippen molar-refractivity contribution < 1.29 is 0 Å². The first kappa shape index (κ1) is 22.9. The number of aromatic nitrogens is 1. The molecule has 0 saturated carbocycles. The number of hydrogen-bond acceptors (Lipinski definition) is 4. The van der Waals surface area contributed by atoms with Crippen LogP contribution in [-0.2, 0) is 0 Å². The van der Waals surface area contributed by atoms with E-state index in [1.54, 1.807) is 4.57 Å². The zero-order chi connectivity index (χ0) is 24.7. The first-order valence-corrected chi connectivity index (χ1v) is 12.1. The van der Waals surface area contributed by atoms with Gasteiger partial charge in [0.15, 0.2) is 0 Å². The van der Waals surface area contributed by atoms with Crippen molar-refractivity contribution in [1.29, 1.82) is 5.26 Å². The minimum absolute atomic E-state index is 0.0318. The number of nitrogens with zero attached hydrogens (tertiary/aromatic N) is 4. The van der Waals surface area contributed by atoms with Gasteiger partial charge in [0.1, 0.15) is 0 Å². The first-order valence-electron chi connectivity index (χ1n) is 12.1. The summed E-state index contributed by atoms with van der Waals surface area (Å²) in [6.45, 7) is 8.56. The number of benzene rings is 3. The Labute approximate surface area is 206 Å². The highest BCUT2D eigenvalue weighted by molar-refractivity contribution is 5.98. The Morgan fingerprint density at radius 3 is 2.14 bits per heavy atom. The molecule has 4 aromatic rings. The van der Waals surface area contributed by atoms with E-state index in [0.29, 0.717) is 23.0 Å². The maximum atomic E-state index is 13.6. The lowest BCUT2D eigenvalue weighted by atomic mass is 9.96. The summed E-state index contributed by atoms with van der Waals surface area (Å²) in [6, 6.07) is 24.9. The van der Waals surface area contributed by atoms with Crippen molar-refractivity contribution in [1.82, 2.24) is 9.47 Å². The molecule has 1 aliphatic rings. The van der Waals surface area contributed by atoms with E-state index in [1.165, 1.54) is 5.69 Å². The topological polar surface area (TPSA) is 52.3 Å². The van der Waals surface area contributed by atoms with E-state index in [1.807, 2.05) is 67.7 Å². The summed E-state index contributed by atoms with van der Waals surface area (Å²) in [5.41, 5.74) is 5.67. The Morgan fingerprint density at radius 1 is 0.886 bits per heavy atom. The molecule has 1 unspecified atom stereocenters. The van der Waals surface area contributed by atoms with Gasteiger partial charge in [0.05, 0.1) is 11.6 Å². The highest BCUT2D eigenvalue weighted by Crippen LogP contribution is 2.30. The minimum atomic E-state index is -0.0318. The molecule has 5 nitrogen and oxygen atoms in total. The molecule has 176 valence electrons. The van der Waals surface area contributed by atoms with Crippen molar-refractivity contribution in [3.63, 3.8) is 0 Å². The van der Waals surface area contributed by atoms with Gasteiger partial charge in [0.25, 0.3) is 5.56 Å². The average molecular weight is 463 g/mol. The number of rotatable bonds is 3. The number of fused-ring (bicyclic) bond motifs is 1. The second kappa shape index (κ2) is 9.05. The lowest BCUT2D eigenvalue weighted by molar-refractivity contribution is 0.170. The molecule has 5 rings (SSSR count). The molecule has 1 aromatic heterocycles. The number of aryl methyl sites for hydroxylation is 1. The molecule has 0 amide bonds. The zero-order valence-electron chi connectivity index (χ0n) is 20.7. The predicted octanol–water partition coefficient (Wildman–Crippen LogP) is 5.37. The quantitative estimate of drug-likeness (QED) is 0.411. The van der Waals surface area contributed by atoms with Crippen molar-refractivity contribution in [2.75, 3.05) is 25.0 Å². The third-order valence-electron chi connectivity index (χ3n) is 7.41. The van der Waals surface area contributed by atoms with Crippen LogP contribution in [0.2, 0.25) is 0 Å². The molecule has 3 aromatic carbocycles. The molecular formula is C30H30N4O. The predicted molar refractivity (Wildman–Crippen MR) is 143 cm³/mol. The lowest BCUT2D eigenvalue weighted by Crippen LogP contribution is -2.55. The standard InChI is InChI=1S/C30H30N4O/c1-20-17-34(26-14-12-25(13-15-26)33-18-21(2)32(4)22(3)19-33)30(35)28-7-5-6-27(29(20)28)24-10-8-23(16-31)9-11-24/h5-15,17,21-22H,18-19H2,1-4H3/t21-,22?/m1/s1. The molecule has 1 fully saturated rings. The van der Waals surface area contributed by atoms with Crippen molar-refractivity contribution in [3.05, 3.63) is 94.4 Å². The highest BCUT2D eigenvalue weighted by Gasteiger charge is 2.26. The second-order valence-electron chi connectivity index (χ2n) is 9.69. The number of pyridine rings is 1. The zero-order valence-corrected chi connectivity index (χ0v) is 20.7. The van der Waals surface area contributed by atoms with E-state index >= 15 is 0 Å². The monoisotopic (exact) mass is 462 g/mol. The van der Waals surface area contributed by atoms with Gasteiger partial charge in [-0.15, -0.1) is 0 Å². The number of piperazine rings is 1. The van der Waals surface area contributed by atoms with Crippen LogP contribution in [0.25, 0.3) is 27.6 Å². The molecule has 0 bridgehead atoms. The van der Waals surface area contributed by atoms with Gasteiger partial charge in [-0.25, -0.2) is 0 Å². The molecule has 0 aliphatic carbocycles. The van der Waals surface area contributed by atoms with E-state index < -0.39 is 0 Å². The van der Waals surface area contributed by atoms with E-state index in [9.17, 15) is 4.79 Å². The van der Waals surface area contributed by atoms with Gasteiger partial charge in [0, 0.05) is 48.1 Å². The largest absolute Gasteiger partial charge is 0.368 e. The fourth-order valence-corrected chi connectivity index (χ4v) is 5.20. The third-order valence-corrected chi connectivity index (χ3v) is 7.41. The van der Waals surface area contributed by atoms with Gasteiger partial charge in [0.2, 0.25) is 0 Å². The fourth-order valence-electron chi connectivity index (χ4n) is 5.20. The fraction of sp³-hybridized carbons (Fsp3) is 0.267. The molecule has 0 radical (unpaired) electrons. The summed E-state index contributed by atoms with van der Waals surface area (Å²) in [7, 11) is 2.19. The van der Waals surface area contributed by atoms with Crippen LogP contribution in [0.5, 0.6) is 0 Å². The van der Waals surface area contributed by atoms with Crippen molar-refractivity contribution >= 4 is 16.5 Å². The molecule has 0 spiro atoms. The molecule has 2 atom stereocenters. The van der Waals surface area contributed by atoms with Gasteiger partial charge >= 0.3 is 0 Å². The van der Waals surface area contributed by atoms with Gasteiger partial charge in [-0.2, -0.15) is 5.26 Å². The van der Waals surface area contributed by atoms with Gasteiger partial charge in [-0.05, 0) is 92.4 Å². The minimum Gasteiger partial charge on any atom is -0.368 e. The maximum Gasteiger partial charge on any atom is 0.262 e. The summed E-state index contributed by atoms with van der Waals surface area (Å²) in [5, 5.41) is 10.8. The summed E-state index contributed by atoms with van der Waals surface area (Å²) in [6.07, 6.45) is 1.94. The van der Waals surface area contributed by atoms with Crippen LogP contribution in [-0.4, -0.2) is 41.7 Å². The van der Waals surface area contributed by atoms with Gasteiger partial charge in [-0.3, -0.25) is 14.3 Å². The van der Waals surface area contributed by atoms with Crippen LogP contribution < -0.4 is 10.5 Å². The van der Waals surface area contributed by atoms with Crippen molar-refractivity contribution in [2.45, 2.75) is 32.9 Å². The van der Waals surface area contributed by atoms with Crippen molar-refractivity contribution in [2.24, 2.45) is 0 Å². The molecule has 2 heterocycles. The van der Waals surface area contributed by atoms with E-state index in [2.05, 4.69) is 48.9 Å². The SMILES string of the molecule is Cc1cn(-c2ccc(N3CC(C)N(C)[C@H](C)C3)cc2)c(=O)c2cccc(-c3ccc(C#N)cc3)c12.